The van der Waals surface area contributed by atoms with Crippen molar-refractivity contribution in [2.24, 2.45) is 0 Å². The predicted octanol–water partition coefficient (Wildman–Crippen LogP) is -2.72. The van der Waals surface area contributed by atoms with Gasteiger partial charge in [-0.05, 0) is 0 Å². The Balaban J connectivity index is 1.79. The van der Waals surface area contributed by atoms with Crippen molar-refractivity contribution >= 4 is 21.6 Å². The minimum atomic E-state index is -1.38. The summed E-state index contributed by atoms with van der Waals surface area (Å²) in [6, 6.07) is 0. The van der Waals surface area contributed by atoms with Crippen molar-refractivity contribution in [3.8, 4) is 0 Å². The van der Waals surface area contributed by atoms with Gasteiger partial charge in [0.25, 0.3) is 0 Å². The van der Waals surface area contributed by atoms with Crippen molar-refractivity contribution in [2.75, 3.05) is 25.7 Å². The van der Waals surface area contributed by atoms with Gasteiger partial charge < -0.3 is 49.6 Å². The Morgan fingerprint density at radius 1 is 0.615 bits per heavy atom. The molecule has 4 unspecified atom stereocenters. The molecular weight excluding hydrogens is 392 g/mol. The standard InChI is InChI=1S/C14H26O10S2/c1-21-13-11(19)9(17)7(15)5(23-13)3-25-26-4-6-8(16)10(18)12(20)14(22-2)24-6/h5-20H,3-4H2,1-2H3/t5-,6?,7?,8-,9-,10+,11+,12?,13?,14+/m1/s1. The molecule has 10 nitrogen and oxygen atoms in total. The zero-order chi connectivity index (χ0) is 19.4. The Bertz CT molecular complexity index is 391. The molecule has 6 N–H and O–H groups in total. The molecule has 2 heterocycles. The maximum Gasteiger partial charge on any atom is 0.186 e. The zero-order valence-electron chi connectivity index (χ0n) is 14.3. The Labute approximate surface area is 158 Å². The molecule has 12 heteroatoms. The molecule has 0 amide bonds. The number of aliphatic hydroxyl groups is 6. The highest BCUT2D eigenvalue weighted by Gasteiger charge is 2.45. The van der Waals surface area contributed by atoms with E-state index < -0.39 is 61.4 Å². The van der Waals surface area contributed by atoms with Crippen LogP contribution < -0.4 is 0 Å². The summed E-state index contributed by atoms with van der Waals surface area (Å²) in [4.78, 5) is 0. The van der Waals surface area contributed by atoms with Gasteiger partial charge >= 0.3 is 0 Å². The lowest BCUT2D eigenvalue weighted by molar-refractivity contribution is -0.285. The van der Waals surface area contributed by atoms with E-state index >= 15 is 0 Å². The van der Waals surface area contributed by atoms with Gasteiger partial charge in [-0.3, -0.25) is 0 Å². The first-order valence-corrected chi connectivity index (χ1v) is 10.5. The highest BCUT2D eigenvalue weighted by atomic mass is 33.1. The Morgan fingerprint density at radius 2 is 0.962 bits per heavy atom. The van der Waals surface area contributed by atoms with Gasteiger partial charge in [0.05, 0.1) is 12.2 Å². The second-order valence-corrected chi connectivity index (χ2v) is 8.62. The van der Waals surface area contributed by atoms with Crippen LogP contribution >= 0.6 is 21.6 Å². The van der Waals surface area contributed by atoms with Crippen molar-refractivity contribution in [1.82, 2.24) is 0 Å². The number of methoxy groups -OCH3 is 2. The topological polar surface area (TPSA) is 158 Å². The maximum atomic E-state index is 9.99. The maximum absolute atomic E-state index is 9.99. The molecule has 10 atom stereocenters. The van der Waals surface area contributed by atoms with E-state index in [4.69, 9.17) is 18.9 Å². The highest BCUT2D eigenvalue weighted by molar-refractivity contribution is 8.76. The van der Waals surface area contributed by atoms with E-state index in [1.807, 2.05) is 0 Å². The minimum absolute atomic E-state index is 0.275. The van der Waals surface area contributed by atoms with Crippen LogP contribution in [0.4, 0.5) is 0 Å². The molecule has 2 aliphatic heterocycles. The molecule has 154 valence electrons. The van der Waals surface area contributed by atoms with Gasteiger partial charge in [0.2, 0.25) is 0 Å². The summed E-state index contributed by atoms with van der Waals surface area (Å²) in [6.45, 7) is 0. The van der Waals surface area contributed by atoms with E-state index in [0.717, 1.165) is 0 Å². The number of rotatable bonds is 7. The van der Waals surface area contributed by atoms with Crippen molar-refractivity contribution < 1.29 is 49.6 Å². The lowest BCUT2D eigenvalue weighted by atomic mass is 10.00. The first kappa shape index (κ1) is 22.6. The molecule has 2 aliphatic rings. The third-order valence-electron chi connectivity index (χ3n) is 4.35. The van der Waals surface area contributed by atoms with Crippen LogP contribution in [-0.2, 0) is 18.9 Å². The molecule has 0 bridgehead atoms. The number of hydrogen-bond donors (Lipinski definition) is 6. The molecule has 0 aromatic heterocycles. The lowest BCUT2D eigenvalue weighted by Gasteiger charge is -2.40. The first-order chi connectivity index (χ1) is 12.3. The van der Waals surface area contributed by atoms with Gasteiger partial charge in [-0.15, -0.1) is 0 Å². The van der Waals surface area contributed by atoms with Crippen LogP contribution in [0.1, 0.15) is 0 Å². The fraction of sp³-hybridized carbons (Fsp3) is 1.00. The van der Waals surface area contributed by atoms with Crippen LogP contribution in [0, 0.1) is 0 Å². The average Bonchev–Trinajstić information content (AvgIpc) is 2.64. The van der Waals surface area contributed by atoms with E-state index in [0.29, 0.717) is 0 Å². The molecule has 0 aromatic carbocycles. The Hall–Kier alpha value is 0.300. The van der Waals surface area contributed by atoms with Gasteiger partial charge in [-0.1, -0.05) is 21.6 Å². The number of aliphatic hydroxyl groups excluding tert-OH is 6. The van der Waals surface area contributed by atoms with E-state index in [2.05, 4.69) is 0 Å². The van der Waals surface area contributed by atoms with Crippen molar-refractivity contribution in [3.63, 3.8) is 0 Å². The third-order valence-corrected chi connectivity index (χ3v) is 6.76. The smallest absolute Gasteiger partial charge is 0.186 e. The van der Waals surface area contributed by atoms with Crippen LogP contribution in [0.25, 0.3) is 0 Å². The van der Waals surface area contributed by atoms with E-state index in [1.165, 1.54) is 35.8 Å². The summed E-state index contributed by atoms with van der Waals surface area (Å²) in [5, 5.41) is 59.1. The molecule has 0 aromatic rings. The number of ether oxygens (including phenoxy) is 4. The molecule has 0 aliphatic carbocycles. The summed E-state index contributed by atoms with van der Waals surface area (Å²) in [7, 11) is 5.24. The minimum Gasteiger partial charge on any atom is -0.388 e. The van der Waals surface area contributed by atoms with Crippen molar-refractivity contribution in [3.05, 3.63) is 0 Å². The summed E-state index contributed by atoms with van der Waals surface area (Å²) in [6.07, 6.45) is -11.6. The summed E-state index contributed by atoms with van der Waals surface area (Å²) in [5.41, 5.74) is 0. The molecule has 26 heavy (non-hydrogen) atoms. The van der Waals surface area contributed by atoms with Crippen LogP contribution in [0.15, 0.2) is 0 Å². The SMILES string of the molecule is COC1O[C@H](CSSCC2O[C@H](OC)C(O)[C@@H](O)[C@@H]2O)C(O)[C@@H](O)[C@@H]1O. The Kier molecular flexibility index (Phi) is 8.85. The fourth-order valence-corrected chi connectivity index (χ4v) is 5.12. The van der Waals surface area contributed by atoms with Gasteiger partial charge in [0.1, 0.15) is 36.6 Å². The van der Waals surface area contributed by atoms with E-state index in [1.54, 1.807) is 0 Å². The number of hydrogen-bond acceptors (Lipinski definition) is 12. The largest absolute Gasteiger partial charge is 0.388 e. The quantitative estimate of drug-likeness (QED) is 0.188. The summed E-state index contributed by atoms with van der Waals surface area (Å²) in [5.74, 6) is 0.550. The van der Waals surface area contributed by atoms with Gasteiger partial charge in [0.15, 0.2) is 12.6 Å². The van der Waals surface area contributed by atoms with Crippen LogP contribution in [-0.4, -0.2) is 118 Å². The van der Waals surface area contributed by atoms with Crippen LogP contribution in [0.3, 0.4) is 0 Å². The monoisotopic (exact) mass is 418 g/mol. The normalized spacial score (nSPS) is 47.1. The summed E-state index contributed by atoms with van der Waals surface area (Å²) >= 11 is 0. The van der Waals surface area contributed by atoms with E-state index in [9.17, 15) is 30.6 Å². The van der Waals surface area contributed by atoms with Gasteiger partial charge in [0, 0.05) is 25.7 Å². The molecular formula is C14H26O10S2. The molecule has 0 spiro atoms. The second kappa shape index (κ2) is 10.2. The lowest BCUT2D eigenvalue weighted by Crippen LogP contribution is -2.58. The second-order valence-electron chi connectivity index (χ2n) is 6.07. The predicted molar refractivity (Wildman–Crippen MR) is 92.3 cm³/mol. The molecule has 2 fully saturated rings. The molecule has 2 saturated heterocycles. The van der Waals surface area contributed by atoms with Gasteiger partial charge in [-0.2, -0.15) is 0 Å². The molecule has 0 radical (unpaired) electrons. The third kappa shape index (κ3) is 5.01. The van der Waals surface area contributed by atoms with Crippen molar-refractivity contribution in [2.45, 2.75) is 61.4 Å². The first-order valence-electron chi connectivity index (χ1n) is 8.01. The molecule has 2 rings (SSSR count). The zero-order valence-corrected chi connectivity index (χ0v) is 16.0. The summed E-state index contributed by atoms with van der Waals surface area (Å²) < 4.78 is 20.7. The van der Waals surface area contributed by atoms with Gasteiger partial charge in [-0.25, -0.2) is 0 Å². The van der Waals surface area contributed by atoms with Crippen LogP contribution in [0.2, 0.25) is 0 Å². The van der Waals surface area contributed by atoms with E-state index in [-0.39, 0.29) is 11.5 Å². The van der Waals surface area contributed by atoms with Crippen LogP contribution in [0.5, 0.6) is 0 Å². The highest BCUT2D eigenvalue weighted by Crippen LogP contribution is 2.32. The average molecular weight is 418 g/mol. The fourth-order valence-electron chi connectivity index (χ4n) is 2.73. The molecule has 0 saturated carbocycles. The van der Waals surface area contributed by atoms with Crippen molar-refractivity contribution in [1.29, 1.82) is 0 Å². The Morgan fingerprint density at radius 3 is 1.27 bits per heavy atom.